The number of nitro benzene ring substituents is 1. The van der Waals surface area contributed by atoms with Crippen LogP contribution in [-0.2, 0) is 14.3 Å². The smallest absolute Gasteiger partial charge is 0.326 e. The van der Waals surface area contributed by atoms with Gasteiger partial charge in [0, 0.05) is 23.4 Å². The van der Waals surface area contributed by atoms with Crippen molar-refractivity contribution in [1.82, 2.24) is 5.32 Å². The summed E-state index contributed by atoms with van der Waals surface area (Å²) in [4.78, 5) is 46.3. The van der Waals surface area contributed by atoms with Gasteiger partial charge in [0.25, 0.3) is 17.5 Å². The molecule has 2 aromatic rings. The minimum Gasteiger partial charge on any atom is -0.451 e. The van der Waals surface area contributed by atoms with Crippen molar-refractivity contribution >= 4 is 29.2 Å². The van der Waals surface area contributed by atoms with E-state index in [1.807, 2.05) is 12.1 Å². The quantitative estimate of drug-likeness (QED) is 0.389. The maximum atomic E-state index is 12.2. The summed E-state index contributed by atoms with van der Waals surface area (Å²) in [6.45, 7) is 5.06. The molecule has 1 atom stereocenters. The highest BCUT2D eigenvalue weighted by molar-refractivity contribution is 5.97. The van der Waals surface area contributed by atoms with Gasteiger partial charge < -0.3 is 15.4 Å². The average molecular weight is 413 g/mol. The molecule has 0 heterocycles. The number of hydrogen-bond donors (Lipinski definition) is 2. The first-order chi connectivity index (χ1) is 14.2. The first-order valence-electron chi connectivity index (χ1n) is 9.30. The molecular weight excluding hydrogens is 390 g/mol. The van der Waals surface area contributed by atoms with Gasteiger partial charge in [-0.1, -0.05) is 32.0 Å². The van der Waals surface area contributed by atoms with E-state index in [-0.39, 0.29) is 11.3 Å². The van der Waals surface area contributed by atoms with Crippen molar-refractivity contribution in [2.45, 2.75) is 32.8 Å². The number of nitrogens with zero attached hydrogens (tertiary/aromatic N) is 1. The Bertz CT molecular complexity index is 940. The van der Waals surface area contributed by atoms with Crippen LogP contribution in [0.2, 0.25) is 0 Å². The molecule has 30 heavy (non-hydrogen) atoms. The number of carbonyl (C=O) groups excluding carboxylic acids is 3. The van der Waals surface area contributed by atoms with E-state index < -0.39 is 35.4 Å². The molecule has 0 radical (unpaired) electrons. The maximum Gasteiger partial charge on any atom is 0.326 e. The Hall–Kier alpha value is -3.75. The van der Waals surface area contributed by atoms with E-state index in [4.69, 9.17) is 4.74 Å². The third-order valence-corrected chi connectivity index (χ3v) is 4.23. The topological polar surface area (TPSA) is 128 Å². The van der Waals surface area contributed by atoms with Gasteiger partial charge in [0.1, 0.15) is 6.54 Å². The van der Waals surface area contributed by atoms with Gasteiger partial charge in [-0.2, -0.15) is 0 Å². The number of nitrogens with one attached hydrogen (secondary N) is 2. The first-order valence-corrected chi connectivity index (χ1v) is 9.30. The van der Waals surface area contributed by atoms with Crippen LogP contribution in [0.1, 0.15) is 42.6 Å². The number of esters is 1. The summed E-state index contributed by atoms with van der Waals surface area (Å²) in [6, 6.07) is 12.4. The fourth-order valence-electron chi connectivity index (χ4n) is 2.50. The molecule has 0 saturated heterocycles. The zero-order valence-corrected chi connectivity index (χ0v) is 16.9. The Labute approximate surface area is 173 Å². The van der Waals surface area contributed by atoms with Crippen LogP contribution in [0.5, 0.6) is 0 Å². The van der Waals surface area contributed by atoms with Gasteiger partial charge in [0.15, 0.2) is 6.10 Å². The summed E-state index contributed by atoms with van der Waals surface area (Å²) in [7, 11) is 0. The van der Waals surface area contributed by atoms with Crippen LogP contribution in [0.4, 0.5) is 11.4 Å². The highest BCUT2D eigenvalue weighted by Gasteiger charge is 2.19. The van der Waals surface area contributed by atoms with Gasteiger partial charge in [-0.05, 0) is 36.6 Å². The summed E-state index contributed by atoms with van der Waals surface area (Å²) in [6.07, 6.45) is -1.07. The van der Waals surface area contributed by atoms with Crippen molar-refractivity contribution in [3.8, 4) is 0 Å². The molecule has 0 aromatic heterocycles. The van der Waals surface area contributed by atoms with Gasteiger partial charge in [0.05, 0.1) is 4.92 Å². The van der Waals surface area contributed by atoms with Gasteiger partial charge in [0.2, 0.25) is 0 Å². The van der Waals surface area contributed by atoms with Crippen LogP contribution in [0.25, 0.3) is 0 Å². The highest BCUT2D eigenvalue weighted by Crippen LogP contribution is 2.17. The molecule has 9 heteroatoms. The minimum absolute atomic E-state index is 0.0348. The van der Waals surface area contributed by atoms with Crippen LogP contribution >= 0.6 is 0 Å². The SMILES string of the molecule is CC(C)c1ccc(NC(=O)[C@H](C)OC(=O)CNC(=O)c2cccc([N+](=O)[O-])c2)cc1. The number of ether oxygens (including phenoxy) is 1. The Kier molecular flexibility index (Phi) is 7.62. The lowest BCUT2D eigenvalue weighted by Crippen LogP contribution is -2.35. The molecule has 0 unspecified atom stereocenters. The summed E-state index contributed by atoms with van der Waals surface area (Å²) >= 11 is 0. The minimum atomic E-state index is -1.07. The summed E-state index contributed by atoms with van der Waals surface area (Å²) in [5.74, 6) is -1.62. The molecule has 2 amide bonds. The number of nitro groups is 1. The standard InChI is InChI=1S/C21H23N3O6/c1-13(2)15-7-9-17(10-8-15)23-20(26)14(3)30-19(25)12-22-21(27)16-5-4-6-18(11-16)24(28)29/h4-11,13-14H,12H2,1-3H3,(H,22,27)(H,23,26)/t14-/m0/s1. The Morgan fingerprint density at radius 3 is 2.33 bits per heavy atom. The van der Waals surface area contributed by atoms with Crippen molar-refractivity contribution in [3.05, 3.63) is 69.8 Å². The van der Waals surface area contributed by atoms with E-state index in [0.717, 1.165) is 11.6 Å². The van der Waals surface area contributed by atoms with Crippen LogP contribution in [0.3, 0.4) is 0 Å². The maximum absolute atomic E-state index is 12.2. The Morgan fingerprint density at radius 1 is 1.07 bits per heavy atom. The lowest BCUT2D eigenvalue weighted by Gasteiger charge is -2.14. The lowest BCUT2D eigenvalue weighted by atomic mass is 10.0. The van der Waals surface area contributed by atoms with Crippen LogP contribution in [0, 0.1) is 10.1 Å². The van der Waals surface area contributed by atoms with Gasteiger partial charge in [-0.3, -0.25) is 24.5 Å². The van der Waals surface area contributed by atoms with E-state index in [0.29, 0.717) is 11.6 Å². The molecule has 0 spiro atoms. The zero-order valence-electron chi connectivity index (χ0n) is 16.9. The Balaban J connectivity index is 1.83. The largest absolute Gasteiger partial charge is 0.451 e. The van der Waals surface area contributed by atoms with Crippen molar-refractivity contribution < 1.29 is 24.0 Å². The first kappa shape index (κ1) is 22.5. The van der Waals surface area contributed by atoms with Gasteiger partial charge in [-0.15, -0.1) is 0 Å². The second-order valence-corrected chi connectivity index (χ2v) is 6.89. The predicted octanol–water partition coefficient (Wildman–Crippen LogP) is 3.02. The molecule has 0 aliphatic carbocycles. The molecule has 2 N–H and O–H groups in total. The average Bonchev–Trinajstić information content (AvgIpc) is 2.72. The summed E-state index contributed by atoms with van der Waals surface area (Å²) in [5.41, 5.74) is 1.50. The molecule has 2 aromatic carbocycles. The number of non-ortho nitro benzene ring substituents is 1. The fourth-order valence-corrected chi connectivity index (χ4v) is 2.50. The van der Waals surface area contributed by atoms with E-state index in [1.54, 1.807) is 12.1 Å². The molecule has 0 aliphatic heterocycles. The molecular formula is C21H23N3O6. The molecule has 9 nitrogen and oxygen atoms in total. The third kappa shape index (κ3) is 6.40. The summed E-state index contributed by atoms with van der Waals surface area (Å²) < 4.78 is 5.02. The number of anilines is 1. The number of amides is 2. The molecule has 0 bridgehead atoms. The van der Waals surface area contributed by atoms with E-state index in [1.165, 1.54) is 25.1 Å². The predicted molar refractivity (Wildman–Crippen MR) is 110 cm³/mol. The molecule has 2 rings (SSSR count). The number of benzene rings is 2. The number of rotatable bonds is 8. The molecule has 0 fully saturated rings. The monoisotopic (exact) mass is 413 g/mol. The Morgan fingerprint density at radius 2 is 1.73 bits per heavy atom. The molecule has 0 saturated carbocycles. The number of hydrogen-bond acceptors (Lipinski definition) is 6. The molecule has 0 aliphatic rings. The van der Waals surface area contributed by atoms with Crippen LogP contribution in [-0.4, -0.2) is 35.4 Å². The number of carbonyl (C=O) groups is 3. The second kappa shape index (κ2) is 10.1. The van der Waals surface area contributed by atoms with E-state index >= 15 is 0 Å². The highest BCUT2D eigenvalue weighted by atomic mass is 16.6. The van der Waals surface area contributed by atoms with E-state index in [2.05, 4.69) is 24.5 Å². The zero-order chi connectivity index (χ0) is 22.3. The van der Waals surface area contributed by atoms with Gasteiger partial charge in [-0.25, -0.2) is 0 Å². The van der Waals surface area contributed by atoms with Crippen LogP contribution < -0.4 is 10.6 Å². The van der Waals surface area contributed by atoms with Crippen molar-refractivity contribution in [1.29, 1.82) is 0 Å². The van der Waals surface area contributed by atoms with Crippen molar-refractivity contribution in [2.75, 3.05) is 11.9 Å². The summed E-state index contributed by atoms with van der Waals surface area (Å²) in [5, 5.41) is 15.7. The van der Waals surface area contributed by atoms with Gasteiger partial charge >= 0.3 is 5.97 Å². The van der Waals surface area contributed by atoms with E-state index in [9.17, 15) is 24.5 Å². The van der Waals surface area contributed by atoms with Crippen LogP contribution in [0.15, 0.2) is 48.5 Å². The molecule has 158 valence electrons. The third-order valence-electron chi connectivity index (χ3n) is 4.23. The normalized spacial score (nSPS) is 11.5. The fraction of sp³-hybridized carbons (Fsp3) is 0.286. The second-order valence-electron chi connectivity index (χ2n) is 6.89. The van der Waals surface area contributed by atoms with Crippen molar-refractivity contribution in [2.24, 2.45) is 0 Å². The lowest BCUT2D eigenvalue weighted by molar-refractivity contribution is -0.384. The van der Waals surface area contributed by atoms with Crippen molar-refractivity contribution in [3.63, 3.8) is 0 Å².